The molecule has 0 saturated heterocycles. The molecule has 3 aromatic rings. The Labute approximate surface area is 167 Å². The van der Waals surface area contributed by atoms with Crippen LogP contribution in [0.1, 0.15) is 51.7 Å². The maximum Gasteiger partial charge on any atom is 0.341 e. The van der Waals surface area contributed by atoms with Gasteiger partial charge in [-0.1, -0.05) is 11.6 Å². The highest BCUT2D eigenvalue weighted by Crippen LogP contribution is 2.38. The third-order valence-corrected chi connectivity index (χ3v) is 6.27. The molecule has 0 bridgehead atoms. The molecule has 28 heavy (non-hydrogen) atoms. The van der Waals surface area contributed by atoms with E-state index in [1.54, 1.807) is 13.2 Å². The van der Waals surface area contributed by atoms with Crippen LogP contribution in [0.15, 0.2) is 28.9 Å². The first kappa shape index (κ1) is 18.7. The Kier molecular flexibility index (Phi) is 5.22. The minimum atomic E-state index is -0.346. The van der Waals surface area contributed by atoms with E-state index >= 15 is 0 Å². The minimum Gasteiger partial charge on any atom is -0.464 e. The number of anilines is 1. The lowest BCUT2D eigenvalue weighted by atomic mass is 9.95. The fraction of sp³-hybridized carbons (Fsp3) is 0.364. The normalized spacial score (nSPS) is 13.4. The molecule has 0 saturated carbocycles. The highest BCUT2D eigenvalue weighted by atomic mass is 32.1. The van der Waals surface area contributed by atoms with Gasteiger partial charge in [-0.3, -0.25) is 4.79 Å². The van der Waals surface area contributed by atoms with Gasteiger partial charge < -0.3 is 14.5 Å². The second-order valence-corrected chi connectivity index (χ2v) is 8.23. The Balaban J connectivity index is 1.59. The molecule has 0 radical (unpaired) electrons. The first-order chi connectivity index (χ1) is 13.6. The molecule has 5 nitrogen and oxygen atoms in total. The van der Waals surface area contributed by atoms with E-state index in [-0.39, 0.29) is 18.3 Å². The van der Waals surface area contributed by atoms with Crippen molar-refractivity contribution in [1.29, 1.82) is 0 Å². The summed E-state index contributed by atoms with van der Waals surface area (Å²) in [5.41, 5.74) is 4.32. The summed E-state index contributed by atoms with van der Waals surface area (Å²) in [6, 6.07) is 5.92. The average Bonchev–Trinajstić information content (AvgIpc) is 3.22. The number of aryl methyl sites for hydroxylation is 2. The topological polar surface area (TPSA) is 68.5 Å². The number of fused-ring (bicyclic) bond motifs is 2. The number of hydrogen-bond acceptors (Lipinski definition) is 5. The quantitative estimate of drug-likeness (QED) is 0.613. The Morgan fingerprint density at radius 2 is 2.07 bits per heavy atom. The maximum absolute atomic E-state index is 12.8. The lowest BCUT2D eigenvalue weighted by molar-refractivity contribution is -0.115. The number of nitrogens with one attached hydrogen (secondary N) is 1. The highest BCUT2D eigenvalue weighted by molar-refractivity contribution is 7.17. The van der Waals surface area contributed by atoms with Gasteiger partial charge in [0.15, 0.2) is 0 Å². The van der Waals surface area contributed by atoms with E-state index in [4.69, 9.17) is 9.15 Å². The Bertz CT molecular complexity index is 1050. The second-order valence-electron chi connectivity index (χ2n) is 7.12. The van der Waals surface area contributed by atoms with Gasteiger partial charge in [-0.15, -0.1) is 11.3 Å². The van der Waals surface area contributed by atoms with Gasteiger partial charge in [-0.05, 0) is 57.2 Å². The van der Waals surface area contributed by atoms with Crippen molar-refractivity contribution in [2.75, 3.05) is 11.9 Å². The van der Waals surface area contributed by atoms with Crippen LogP contribution < -0.4 is 5.32 Å². The molecular formula is C22H23NO4S. The molecule has 0 fully saturated rings. The molecule has 1 aliphatic carbocycles. The minimum absolute atomic E-state index is 0.159. The SMILES string of the molecule is CCOC(=O)c1c(NC(=O)Cc2coc3ccc(C)cc23)sc2c1CCCC2. The second kappa shape index (κ2) is 7.80. The molecule has 1 amide bonds. The Morgan fingerprint density at radius 3 is 2.89 bits per heavy atom. The van der Waals surface area contributed by atoms with E-state index in [9.17, 15) is 9.59 Å². The standard InChI is InChI=1S/C22H23NO4S/c1-3-26-22(25)20-15-6-4-5-7-18(15)28-21(20)23-19(24)11-14-12-27-17-9-8-13(2)10-16(14)17/h8-10,12H,3-7,11H2,1-2H3,(H,23,24). The molecule has 1 aliphatic rings. The number of thiophene rings is 1. The summed E-state index contributed by atoms with van der Waals surface area (Å²) < 4.78 is 10.8. The van der Waals surface area contributed by atoms with Crippen molar-refractivity contribution in [2.45, 2.75) is 46.0 Å². The van der Waals surface area contributed by atoms with Crippen molar-refractivity contribution in [3.8, 4) is 0 Å². The van der Waals surface area contributed by atoms with E-state index in [1.807, 2.05) is 25.1 Å². The molecule has 1 N–H and O–H groups in total. The number of ether oxygens (including phenoxy) is 1. The zero-order chi connectivity index (χ0) is 19.7. The molecular weight excluding hydrogens is 374 g/mol. The van der Waals surface area contributed by atoms with Crippen LogP contribution in [-0.4, -0.2) is 18.5 Å². The van der Waals surface area contributed by atoms with Crippen LogP contribution in [-0.2, 0) is 28.8 Å². The number of amides is 1. The van der Waals surface area contributed by atoms with Gasteiger partial charge in [0.25, 0.3) is 0 Å². The first-order valence-corrected chi connectivity index (χ1v) is 10.5. The lowest BCUT2D eigenvalue weighted by Crippen LogP contribution is -2.17. The summed E-state index contributed by atoms with van der Waals surface area (Å²) in [4.78, 5) is 26.5. The molecule has 0 unspecified atom stereocenters. The largest absolute Gasteiger partial charge is 0.464 e. The monoisotopic (exact) mass is 397 g/mol. The van der Waals surface area contributed by atoms with Crippen molar-refractivity contribution < 1.29 is 18.7 Å². The summed E-state index contributed by atoms with van der Waals surface area (Å²) in [5, 5.41) is 4.52. The Hall–Kier alpha value is -2.60. The highest BCUT2D eigenvalue weighted by Gasteiger charge is 2.27. The molecule has 0 spiro atoms. The van der Waals surface area contributed by atoms with E-state index in [0.29, 0.717) is 17.2 Å². The van der Waals surface area contributed by atoms with E-state index in [2.05, 4.69) is 5.32 Å². The molecule has 2 heterocycles. The van der Waals surface area contributed by atoms with Crippen LogP contribution in [0.4, 0.5) is 5.00 Å². The van der Waals surface area contributed by atoms with Crippen LogP contribution in [0.5, 0.6) is 0 Å². The predicted molar refractivity (Wildman–Crippen MR) is 110 cm³/mol. The van der Waals surface area contributed by atoms with E-state index in [0.717, 1.165) is 53.3 Å². The van der Waals surface area contributed by atoms with Gasteiger partial charge in [0.05, 0.1) is 24.9 Å². The predicted octanol–water partition coefficient (Wildman–Crippen LogP) is 5.04. The average molecular weight is 397 g/mol. The fourth-order valence-electron chi connectivity index (χ4n) is 3.75. The maximum atomic E-state index is 12.8. The Morgan fingerprint density at radius 1 is 1.25 bits per heavy atom. The number of hydrogen-bond donors (Lipinski definition) is 1. The van der Waals surface area contributed by atoms with Crippen molar-refractivity contribution in [3.63, 3.8) is 0 Å². The summed E-state index contributed by atoms with van der Waals surface area (Å²) in [6.07, 6.45) is 5.82. The number of carbonyl (C=O) groups excluding carboxylic acids is 2. The van der Waals surface area contributed by atoms with Crippen LogP contribution >= 0.6 is 11.3 Å². The molecule has 146 valence electrons. The molecule has 1 aromatic carbocycles. The smallest absolute Gasteiger partial charge is 0.341 e. The third-order valence-electron chi connectivity index (χ3n) is 5.06. The molecule has 4 rings (SSSR count). The summed E-state index contributed by atoms with van der Waals surface area (Å²) in [5.74, 6) is -0.505. The lowest BCUT2D eigenvalue weighted by Gasteiger charge is -2.12. The van der Waals surface area contributed by atoms with Crippen LogP contribution in [0.3, 0.4) is 0 Å². The number of rotatable bonds is 5. The summed E-state index contributed by atoms with van der Waals surface area (Å²) in [6.45, 7) is 4.12. The number of carbonyl (C=O) groups is 2. The fourth-order valence-corrected chi connectivity index (χ4v) is 5.04. The van der Waals surface area contributed by atoms with Gasteiger partial charge >= 0.3 is 5.97 Å². The third kappa shape index (κ3) is 3.56. The van der Waals surface area contributed by atoms with Gasteiger partial charge in [-0.25, -0.2) is 4.79 Å². The van der Waals surface area contributed by atoms with Gasteiger partial charge in [0.1, 0.15) is 10.6 Å². The van der Waals surface area contributed by atoms with Crippen molar-refractivity contribution >= 4 is 39.2 Å². The summed E-state index contributed by atoms with van der Waals surface area (Å²) >= 11 is 1.51. The van der Waals surface area contributed by atoms with Crippen molar-refractivity contribution in [2.24, 2.45) is 0 Å². The summed E-state index contributed by atoms with van der Waals surface area (Å²) in [7, 11) is 0. The number of benzene rings is 1. The molecule has 0 aliphatic heterocycles. The van der Waals surface area contributed by atoms with Crippen LogP contribution in [0.2, 0.25) is 0 Å². The zero-order valence-electron chi connectivity index (χ0n) is 16.1. The van der Waals surface area contributed by atoms with E-state index in [1.165, 1.54) is 16.2 Å². The molecule has 0 atom stereocenters. The van der Waals surface area contributed by atoms with Crippen molar-refractivity contribution in [3.05, 3.63) is 51.6 Å². The van der Waals surface area contributed by atoms with Gasteiger partial charge in [0, 0.05) is 15.8 Å². The van der Waals surface area contributed by atoms with Crippen molar-refractivity contribution in [1.82, 2.24) is 0 Å². The molecule has 6 heteroatoms. The number of furan rings is 1. The number of esters is 1. The zero-order valence-corrected chi connectivity index (χ0v) is 16.9. The first-order valence-electron chi connectivity index (χ1n) is 9.65. The van der Waals surface area contributed by atoms with Gasteiger partial charge in [-0.2, -0.15) is 0 Å². The molecule has 2 aromatic heterocycles. The van der Waals surface area contributed by atoms with E-state index < -0.39 is 0 Å². The van der Waals surface area contributed by atoms with Gasteiger partial charge in [0.2, 0.25) is 5.91 Å². The van der Waals surface area contributed by atoms with Crippen LogP contribution in [0.25, 0.3) is 11.0 Å². The van der Waals surface area contributed by atoms with Crippen LogP contribution in [0, 0.1) is 6.92 Å².